The minimum absolute atomic E-state index is 0.0913. The molecular formula is C19H27BrN2O2. The maximum absolute atomic E-state index is 11.9. The molecule has 2 fully saturated rings. The van der Waals surface area contributed by atoms with E-state index in [1.165, 1.54) is 5.56 Å². The minimum Gasteiger partial charge on any atom is -0.381 e. The SMILES string of the molecule is CC1CNC(=O)CC(NCC2(c3cccc(Br)c3)CCOCC2)C1. The van der Waals surface area contributed by atoms with Gasteiger partial charge in [0.25, 0.3) is 0 Å². The van der Waals surface area contributed by atoms with Crippen LogP contribution < -0.4 is 10.6 Å². The molecule has 0 aromatic heterocycles. The average Bonchev–Trinajstić information content (AvgIpc) is 2.75. The zero-order chi connectivity index (χ0) is 17.0. The van der Waals surface area contributed by atoms with Gasteiger partial charge in [0.2, 0.25) is 5.91 Å². The molecule has 2 aliphatic rings. The lowest BCUT2D eigenvalue weighted by atomic mass is 9.74. The van der Waals surface area contributed by atoms with Gasteiger partial charge in [-0.3, -0.25) is 4.79 Å². The highest BCUT2D eigenvalue weighted by atomic mass is 79.9. The molecule has 24 heavy (non-hydrogen) atoms. The molecule has 2 N–H and O–H groups in total. The smallest absolute Gasteiger partial charge is 0.221 e. The molecule has 0 spiro atoms. The second-order valence-corrected chi connectivity index (χ2v) is 8.25. The molecular weight excluding hydrogens is 368 g/mol. The van der Waals surface area contributed by atoms with E-state index in [2.05, 4.69) is 57.8 Å². The van der Waals surface area contributed by atoms with Crippen molar-refractivity contribution in [1.29, 1.82) is 0 Å². The third-order valence-electron chi connectivity index (χ3n) is 5.38. The molecule has 1 aromatic carbocycles. The molecule has 0 bridgehead atoms. The van der Waals surface area contributed by atoms with E-state index in [-0.39, 0.29) is 17.4 Å². The molecule has 0 radical (unpaired) electrons. The lowest BCUT2D eigenvalue weighted by Crippen LogP contribution is -2.46. The summed E-state index contributed by atoms with van der Waals surface area (Å²) in [6.45, 7) is 5.50. The summed E-state index contributed by atoms with van der Waals surface area (Å²) in [5.41, 5.74) is 1.45. The second kappa shape index (κ2) is 7.98. The number of benzene rings is 1. The predicted octanol–water partition coefficient (Wildman–Crippen LogP) is 3.00. The standard InChI is InChI=1S/C19H27BrN2O2/c1-14-9-17(11-18(23)21-12-14)22-13-19(5-7-24-8-6-19)15-3-2-4-16(20)10-15/h2-4,10,14,17,22H,5-9,11-13H2,1H3,(H,21,23). The number of nitrogens with one attached hydrogen (secondary N) is 2. The van der Waals surface area contributed by atoms with E-state index in [9.17, 15) is 4.79 Å². The van der Waals surface area contributed by atoms with Gasteiger partial charge in [-0.25, -0.2) is 0 Å². The molecule has 2 aliphatic heterocycles. The molecule has 0 aliphatic carbocycles. The van der Waals surface area contributed by atoms with Crippen molar-refractivity contribution in [3.05, 3.63) is 34.3 Å². The first-order chi connectivity index (χ1) is 11.6. The van der Waals surface area contributed by atoms with Crippen LogP contribution in [0.25, 0.3) is 0 Å². The maximum Gasteiger partial charge on any atom is 0.221 e. The largest absolute Gasteiger partial charge is 0.381 e. The van der Waals surface area contributed by atoms with Crippen molar-refractivity contribution < 1.29 is 9.53 Å². The van der Waals surface area contributed by atoms with Gasteiger partial charge in [0.1, 0.15) is 0 Å². The van der Waals surface area contributed by atoms with E-state index in [1.54, 1.807) is 0 Å². The first-order valence-corrected chi connectivity index (χ1v) is 9.71. The minimum atomic E-state index is 0.0913. The molecule has 3 rings (SSSR count). The van der Waals surface area contributed by atoms with Gasteiger partial charge in [0.05, 0.1) is 0 Å². The Hall–Kier alpha value is -0.910. The molecule has 2 heterocycles. The number of hydrogen-bond donors (Lipinski definition) is 2. The van der Waals surface area contributed by atoms with Crippen LogP contribution in [-0.2, 0) is 14.9 Å². The summed E-state index contributed by atoms with van der Waals surface area (Å²) in [6, 6.07) is 8.89. The second-order valence-electron chi connectivity index (χ2n) is 7.33. The monoisotopic (exact) mass is 394 g/mol. The Kier molecular flexibility index (Phi) is 5.95. The van der Waals surface area contributed by atoms with Crippen LogP contribution in [0.15, 0.2) is 28.7 Å². The normalized spacial score (nSPS) is 27.3. The van der Waals surface area contributed by atoms with Crippen LogP contribution in [0.4, 0.5) is 0 Å². The van der Waals surface area contributed by atoms with Crippen molar-refractivity contribution in [2.45, 2.75) is 44.1 Å². The Morgan fingerprint density at radius 1 is 1.38 bits per heavy atom. The van der Waals surface area contributed by atoms with Crippen LogP contribution in [0.2, 0.25) is 0 Å². The van der Waals surface area contributed by atoms with Gasteiger partial charge in [-0.2, -0.15) is 0 Å². The Morgan fingerprint density at radius 2 is 2.17 bits per heavy atom. The third-order valence-corrected chi connectivity index (χ3v) is 5.88. The summed E-state index contributed by atoms with van der Waals surface area (Å²) in [4.78, 5) is 11.9. The Labute approximate surface area is 152 Å². The van der Waals surface area contributed by atoms with Crippen LogP contribution in [0.3, 0.4) is 0 Å². The quantitative estimate of drug-likeness (QED) is 0.824. The van der Waals surface area contributed by atoms with Crippen LogP contribution in [-0.4, -0.2) is 38.3 Å². The van der Waals surface area contributed by atoms with Crippen molar-refractivity contribution in [3.63, 3.8) is 0 Å². The van der Waals surface area contributed by atoms with E-state index in [4.69, 9.17) is 4.74 Å². The molecule has 1 aromatic rings. The summed E-state index contributed by atoms with van der Waals surface area (Å²) in [6.07, 6.45) is 3.66. The van der Waals surface area contributed by atoms with Gasteiger partial charge < -0.3 is 15.4 Å². The first kappa shape index (κ1) is 17.9. The zero-order valence-electron chi connectivity index (χ0n) is 14.3. The number of carbonyl (C=O) groups is 1. The van der Waals surface area contributed by atoms with E-state index in [0.29, 0.717) is 12.3 Å². The highest BCUT2D eigenvalue weighted by Gasteiger charge is 2.35. The molecule has 2 atom stereocenters. The Morgan fingerprint density at radius 3 is 2.92 bits per heavy atom. The van der Waals surface area contributed by atoms with Crippen molar-refractivity contribution in [2.24, 2.45) is 5.92 Å². The van der Waals surface area contributed by atoms with E-state index in [0.717, 1.165) is 50.0 Å². The topological polar surface area (TPSA) is 50.4 Å². The molecule has 2 unspecified atom stereocenters. The molecule has 4 nitrogen and oxygen atoms in total. The van der Waals surface area contributed by atoms with Gasteiger partial charge in [-0.15, -0.1) is 0 Å². The summed E-state index contributed by atoms with van der Waals surface area (Å²) >= 11 is 3.60. The maximum atomic E-state index is 11.9. The number of ether oxygens (including phenoxy) is 1. The summed E-state index contributed by atoms with van der Waals surface area (Å²) in [5.74, 6) is 0.686. The predicted molar refractivity (Wildman–Crippen MR) is 99.1 cm³/mol. The lowest BCUT2D eigenvalue weighted by molar-refractivity contribution is -0.121. The number of carbonyl (C=O) groups excluding carboxylic acids is 1. The van der Waals surface area contributed by atoms with Gasteiger partial charge in [-0.05, 0) is 42.9 Å². The van der Waals surface area contributed by atoms with Gasteiger partial charge in [0.15, 0.2) is 0 Å². The van der Waals surface area contributed by atoms with Gasteiger partial charge in [0, 0.05) is 48.7 Å². The number of halogens is 1. The van der Waals surface area contributed by atoms with Gasteiger partial charge in [-0.1, -0.05) is 35.0 Å². The number of rotatable bonds is 4. The van der Waals surface area contributed by atoms with Gasteiger partial charge >= 0.3 is 0 Å². The van der Waals surface area contributed by atoms with Crippen LogP contribution in [0.5, 0.6) is 0 Å². The van der Waals surface area contributed by atoms with Crippen LogP contribution in [0.1, 0.15) is 38.2 Å². The molecule has 132 valence electrons. The fourth-order valence-electron chi connectivity index (χ4n) is 3.88. The molecule has 2 saturated heterocycles. The summed E-state index contributed by atoms with van der Waals surface area (Å²) in [5, 5.41) is 6.72. The van der Waals surface area contributed by atoms with E-state index < -0.39 is 0 Å². The Balaban J connectivity index is 1.74. The van der Waals surface area contributed by atoms with E-state index >= 15 is 0 Å². The van der Waals surface area contributed by atoms with Crippen LogP contribution in [0, 0.1) is 5.92 Å². The summed E-state index contributed by atoms with van der Waals surface area (Å²) in [7, 11) is 0. The fraction of sp³-hybridized carbons (Fsp3) is 0.632. The van der Waals surface area contributed by atoms with E-state index in [1.807, 2.05) is 0 Å². The highest BCUT2D eigenvalue weighted by molar-refractivity contribution is 9.10. The summed E-state index contributed by atoms with van der Waals surface area (Å²) < 4.78 is 6.74. The third kappa shape index (κ3) is 4.38. The lowest BCUT2D eigenvalue weighted by Gasteiger charge is -2.39. The average molecular weight is 395 g/mol. The van der Waals surface area contributed by atoms with Crippen molar-refractivity contribution >= 4 is 21.8 Å². The number of hydrogen-bond acceptors (Lipinski definition) is 3. The van der Waals surface area contributed by atoms with Crippen LogP contribution >= 0.6 is 15.9 Å². The highest BCUT2D eigenvalue weighted by Crippen LogP contribution is 2.35. The van der Waals surface area contributed by atoms with Crippen molar-refractivity contribution in [3.8, 4) is 0 Å². The Bertz CT molecular complexity index is 572. The van der Waals surface area contributed by atoms with Crippen molar-refractivity contribution in [1.82, 2.24) is 10.6 Å². The zero-order valence-corrected chi connectivity index (χ0v) is 15.9. The number of amides is 1. The molecule has 0 saturated carbocycles. The van der Waals surface area contributed by atoms with Crippen molar-refractivity contribution in [2.75, 3.05) is 26.3 Å². The first-order valence-electron chi connectivity index (χ1n) is 8.91. The molecule has 1 amide bonds. The fourth-order valence-corrected chi connectivity index (χ4v) is 4.28. The molecule has 5 heteroatoms.